The third kappa shape index (κ3) is 2.42. The first kappa shape index (κ1) is 13.5. The van der Waals surface area contributed by atoms with Crippen molar-refractivity contribution in [3.05, 3.63) is 34.7 Å². The molecule has 1 aromatic heterocycles. The molecule has 0 N–H and O–H groups in total. The molecule has 2 heterocycles. The van der Waals surface area contributed by atoms with Crippen molar-refractivity contribution in [1.29, 1.82) is 0 Å². The Morgan fingerprint density at radius 2 is 2.10 bits per heavy atom. The summed E-state index contributed by atoms with van der Waals surface area (Å²) in [5.74, 6) is 0.321. The molecule has 20 heavy (non-hydrogen) atoms. The van der Waals surface area contributed by atoms with Crippen LogP contribution >= 0.6 is 11.3 Å². The van der Waals surface area contributed by atoms with E-state index in [9.17, 15) is 4.39 Å². The van der Waals surface area contributed by atoms with Crippen LogP contribution in [0.3, 0.4) is 0 Å². The number of aromatic nitrogens is 1. The Balaban J connectivity index is 2.03. The van der Waals surface area contributed by atoms with Crippen molar-refractivity contribution < 1.29 is 18.6 Å². The standard InChI is InChI=1S/C14H14FNO3S/c1-8-12(10-7-9(15)3-4-11(10)17-2)20-13(16-8)14-18-5-6-19-14/h3-4,7,14H,5-6H2,1-2H3. The minimum absolute atomic E-state index is 0.302. The van der Waals surface area contributed by atoms with E-state index in [1.54, 1.807) is 13.2 Å². The zero-order valence-electron chi connectivity index (χ0n) is 11.2. The lowest BCUT2D eigenvalue weighted by molar-refractivity contribution is -0.0442. The molecular weight excluding hydrogens is 281 g/mol. The zero-order chi connectivity index (χ0) is 14.1. The van der Waals surface area contributed by atoms with E-state index in [0.717, 1.165) is 15.6 Å². The van der Waals surface area contributed by atoms with Crippen LogP contribution in [0, 0.1) is 12.7 Å². The van der Waals surface area contributed by atoms with E-state index in [4.69, 9.17) is 14.2 Å². The molecule has 2 aromatic rings. The van der Waals surface area contributed by atoms with E-state index in [1.165, 1.54) is 23.5 Å². The van der Waals surface area contributed by atoms with E-state index < -0.39 is 6.29 Å². The van der Waals surface area contributed by atoms with Crippen LogP contribution < -0.4 is 4.74 Å². The number of ether oxygens (including phenoxy) is 3. The van der Waals surface area contributed by atoms with E-state index >= 15 is 0 Å². The van der Waals surface area contributed by atoms with Gasteiger partial charge in [-0.05, 0) is 25.1 Å². The number of hydrogen-bond acceptors (Lipinski definition) is 5. The molecule has 0 saturated carbocycles. The minimum atomic E-state index is -0.410. The molecule has 1 saturated heterocycles. The number of methoxy groups -OCH3 is 1. The Labute approximate surface area is 120 Å². The highest BCUT2D eigenvalue weighted by atomic mass is 32.1. The minimum Gasteiger partial charge on any atom is -0.496 e. The van der Waals surface area contributed by atoms with Crippen LogP contribution in [0.15, 0.2) is 18.2 Å². The number of rotatable bonds is 3. The second-order valence-corrected chi connectivity index (χ2v) is 5.42. The Morgan fingerprint density at radius 3 is 2.80 bits per heavy atom. The Morgan fingerprint density at radius 1 is 1.35 bits per heavy atom. The van der Waals surface area contributed by atoms with Crippen molar-refractivity contribution >= 4 is 11.3 Å². The van der Waals surface area contributed by atoms with E-state index in [-0.39, 0.29) is 5.82 Å². The number of aryl methyl sites for hydroxylation is 1. The Bertz CT molecular complexity index is 623. The molecule has 3 rings (SSSR count). The summed E-state index contributed by atoms with van der Waals surface area (Å²) in [6.07, 6.45) is -0.410. The summed E-state index contributed by atoms with van der Waals surface area (Å²) in [6.45, 7) is 3.03. The Kier molecular flexibility index (Phi) is 3.69. The van der Waals surface area contributed by atoms with Gasteiger partial charge in [-0.15, -0.1) is 11.3 Å². The highest BCUT2D eigenvalue weighted by Crippen LogP contribution is 2.39. The average Bonchev–Trinajstić information content (AvgIpc) is 3.07. The number of benzene rings is 1. The summed E-state index contributed by atoms with van der Waals surface area (Å²) in [4.78, 5) is 5.34. The summed E-state index contributed by atoms with van der Waals surface area (Å²) in [5, 5.41) is 0.751. The van der Waals surface area contributed by atoms with Gasteiger partial charge in [0.1, 0.15) is 16.6 Å². The lowest BCUT2D eigenvalue weighted by Crippen LogP contribution is -1.96. The molecule has 0 spiro atoms. The molecular formula is C14H14FNO3S. The van der Waals surface area contributed by atoms with Crippen LogP contribution in [0.1, 0.15) is 17.0 Å². The molecule has 0 unspecified atom stereocenters. The second-order valence-electron chi connectivity index (χ2n) is 4.38. The third-order valence-corrected chi connectivity index (χ3v) is 4.26. The fourth-order valence-corrected chi connectivity index (χ4v) is 3.21. The molecule has 4 nitrogen and oxygen atoms in total. The number of hydrogen-bond donors (Lipinski definition) is 0. The maximum absolute atomic E-state index is 13.5. The third-order valence-electron chi connectivity index (χ3n) is 3.04. The van der Waals surface area contributed by atoms with E-state index in [2.05, 4.69) is 4.98 Å². The van der Waals surface area contributed by atoms with Crippen LogP contribution in [0.4, 0.5) is 4.39 Å². The predicted molar refractivity (Wildman–Crippen MR) is 73.4 cm³/mol. The summed E-state index contributed by atoms with van der Waals surface area (Å²) in [6, 6.07) is 4.45. The summed E-state index contributed by atoms with van der Waals surface area (Å²) in [7, 11) is 1.57. The van der Waals surface area contributed by atoms with Crippen molar-refractivity contribution in [1.82, 2.24) is 4.98 Å². The van der Waals surface area contributed by atoms with Gasteiger partial charge >= 0.3 is 0 Å². The van der Waals surface area contributed by atoms with Gasteiger partial charge in [0.05, 0.1) is 30.9 Å². The maximum atomic E-state index is 13.5. The van der Waals surface area contributed by atoms with Crippen molar-refractivity contribution in [2.45, 2.75) is 13.2 Å². The van der Waals surface area contributed by atoms with Gasteiger partial charge in [0.2, 0.25) is 6.29 Å². The maximum Gasteiger partial charge on any atom is 0.211 e. The van der Waals surface area contributed by atoms with Crippen LogP contribution in [-0.2, 0) is 9.47 Å². The first-order chi connectivity index (χ1) is 9.69. The van der Waals surface area contributed by atoms with Crippen molar-refractivity contribution in [3.63, 3.8) is 0 Å². The molecule has 1 aliphatic heterocycles. The van der Waals surface area contributed by atoms with Gasteiger partial charge in [-0.3, -0.25) is 0 Å². The lowest BCUT2D eigenvalue weighted by atomic mass is 10.1. The number of nitrogens with zero attached hydrogens (tertiary/aromatic N) is 1. The van der Waals surface area contributed by atoms with Crippen LogP contribution in [0.2, 0.25) is 0 Å². The molecule has 0 aliphatic carbocycles. The molecule has 0 bridgehead atoms. The highest BCUT2D eigenvalue weighted by Gasteiger charge is 2.24. The van der Waals surface area contributed by atoms with Gasteiger partial charge < -0.3 is 14.2 Å². The monoisotopic (exact) mass is 295 g/mol. The Hall–Kier alpha value is -1.50. The summed E-state index contributed by atoms with van der Waals surface area (Å²) >= 11 is 1.44. The van der Waals surface area contributed by atoms with Crippen LogP contribution in [-0.4, -0.2) is 25.3 Å². The van der Waals surface area contributed by atoms with Gasteiger partial charge in [-0.1, -0.05) is 0 Å². The molecule has 106 valence electrons. The van der Waals surface area contributed by atoms with Crippen molar-refractivity contribution in [3.8, 4) is 16.2 Å². The van der Waals surface area contributed by atoms with Crippen LogP contribution in [0.5, 0.6) is 5.75 Å². The van der Waals surface area contributed by atoms with E-state index in [0.29, 0.717) is 24.5 Å². The van der Waals surface area contributed by atoms with Gasteiger partial charge in [0.15, 0.2) is 0 Å². The fourth-order valence-electron chi connectivity index (χ4n) is 2.13. The van der Waals surface area contributed by atoms with Crippen molar-refractivity contribution in [2.24, 2.45) is 0 Å². The van der Waals surface area contributed by atoms with Gasteiger partial charge in [0.25, 0.3) is 0 Å². The fraction of sp³-hybridized carbons (Fsp3) is 0.357. The molecule has 1 aromatic carbocycles. The first-order valence-corrected chi connectivity index (χ1v) is 7.05. The molecule has 1 fully saturated rings. The summed E-state index contributed by atoms with van der Waals surface area (Å²) in [5.41, 5.74) is 1.51. The first-order valence-electron chi connectivity index (χ1n) is 6.23. The van der Waals surface area contributed by atoms with Gasteiger partial charge in [-0.25, -0.2) is 9.37 Å². The summed E-state index contributed by atoms with van der Waals surface area (Å²) < 4.78 is 29.7. The SMILES string of the molecule is COc1ccc(F)cc1-c1sc(C2OCCO2)nc1C. The second kappa shape index (κ2) is 5.47. The zero-order valence-corrected chi connectivity index (χ0v) is 12.0. The van der Waals surface area contributed by atoms with Gasteiger partial charge in [-0.2, -0.15) is 0 Å². The van der Waals surface area contributed by atoms with Crippen molar-refractivity contribution in [2.75, 3.05) is 20.3 Å². The molecule has 6 heteroatoms. The molecule has 1 aliphatic rings. The quantitative estimate of drug-likeness (QED) is 0.871. The van der Waals surface area contributed by atoms with Gasteiger partial charge in [0, 0.05) is 5.56 Å². The highest BCUT2D eigenvalue weighted by molar-refractivity contribution is 7.15. The largest absolute Gasteiger partial charge is 0.496 e. The van der Waals surface area contributed by atoms with E-state index in [1.807, 2.05) is 6.92 Å². The van der Waals surface area contributed by atoms with Crippen LogP contribution in [0.25, 0.3) is 10.4 Å². The normalized spacial score (nSPS) is 15.8. The predicted octanol–water partition coefficient (Wildman–Crippen LogP) is 3.31. The number of thiazole rings is 1. The molecule has 0 atom stereocenters. The number of halogens is 1. The molecule has 0 radical (unpaired) electrons. The average molecular weight is 295 g/mol. The lowest BCUT2D eigenvalue weighted by Gasteiger charge is -2.07. The topological polar surface area (TPSA) is 40.6 Å². The molecule has 0 amide bonds. The smallest absolute Gasteiger partial charge is 0.211 e.